The van der Waals surface area contributed by atoms with Crippen LogP contribution in [0.15, 0.2) is 72.2 Å². The number of aryl methyl sites for hydroxylation is 6. The Morgan fingerprint density at radius 3 is 1.90 bits per heavy atom. The number of anilines is 2. The Kier molecular flexibility index (Phi) is 36.1. The first kappa shape index (κ1) is 68.4. The number of carbonyl (C=O) groups excluding carboxylic acids is 3. The van der Waals surface area contributed by atoms with E-state index in [1.807, 2.05) is 68.0 Å². The van der Waals surface area contributed by atoms with E-state index >= 15 is 0 Å². The van der Waals surface area contributed by atoms with Crippen LogP contribution >= 0.6 is 12.4 Å². The highest BCUT2D eigenvalue weighted by Crippen LogP contribution is 2.17. The number of imidazole rings is 2. The minimum Gasteiger partial charge on any atom is -0.443 e. The number of nitrogen functional groups attached to an aromatic ring is 2. The van der Waals surface area contributed by atoms with Crippen molar-refractivity contribution in [1.29, 1.82) is 0 Å². The molecule has 3 heterocycles. The third-order valence-electron chi connectivity index (χ3n) is 12.2. The Morgan fingerprint density at radius 1 is 0.766 bits per heavy atom. The summed E-state index contributed by atoms with van der Waals surface area (Å²) in [5, 5.41) is 14.6. The third kappa shape index (κ3) is 30.6. The molecule has 0 unspecified atom stereocenters. The van der Waals surface area contributed by atoms with Crippen LogP contribution in [-0.4, -0.2) is 71.0 Å². The molecule has 0 bridgehead atoms. The molecule has 0 aliphatic carbocycles. The van der Waals surface area contributed by atoms with Crippen LogP contribution < -0.4 is 16.8 Å². The number of rotatable bonds is 32. The summed E-state index contributed by atoms with van der Waals surface area (Å²) in [7, 11) is 0. The zero-order valence-electron chi connectivity index (χ0n) is 46.2. The van der Waals surface area contributed by atoms with E-state index in [0.29, 0.717) is 24.5 Å². The van der Waals surface area contributed by atoms with Gasteiger partial charge in [-0.05, 0) is 127 Å². The molecule has 6 N–H and O–H groups in total. The van der Waals surface area contributed by atoms with Crippen molar-refractivity contribution in [2.75, 3.05) is 24.6 Å². The van der Waals surface area contributed by atoms with E-state index in [0.717, 1.165) is 113 Å². The number of benzene rings is 2. The van der Waals surface area contributed by atoms with Gasteiger partial charge in [-0.25, -0.2) is 19.3 Å². The predicted molar refractivity (Wildman–Crippen MR) is 315 cm³/mol. The minimum atomic E-state index is -0.552. The number of nitrogens with zero attached hydrogens (tertiary/aromatic N) is 9. The first-order chi connectivity index (χ1) is 36.2. The second kappa shape index (κ2) is 40.6. The highest BCUT2D eigenvalue weighted by Gasteiger charge is 2.20. The van der Waals surface area contributed by atoms with Crippen molar-refractivity contribution in [2.45, 2.75) is 208 Å². The second-order valence-electron chi connectivity index (χ2n) is 20.0. The van der Waals surface area contributed by atoms with Gasteiger partial charge in [0.25, 0.3) is 5.91 Å². The van der Waals surface area contributed by atoms with Gasteiger partial charge in [-0.2, -0.15) is 0 Å². The number of halogens is 1. The predicted octanol–water partition coefficient (Wildman–Crippen LogP) is 14.0. The molecule has 5 rings (SSSR count). The van der Waals surface area contributed by atoms with Crippen molar-refractivity contribution in [3.05, 3.63) is 117 Å². The van der Waals surface area contributed by atoms with Crippen LogP contribution in [-0.2, 0) is 43.4 Å². The van der Waals surface area contributed by atoms with Crippen molar-refractivity contribution in [2.24, 2.45) is 5.11 Å². The molecule has 17 nitrogen and oxygen atoms in total. The second-order valence-corrected chi connectivity index (χ2v) is 20.0. The lowest BCUT2D eigenvalue weighted by molar-refractivity contribution is 0.0540. The number of nitrogens with two attached hydrogens (primary N) is 2. The maximum atomic E-state index is 12.5. The number of terminal acetylenes is 1. The molecule has 0 aliphatic rings. The zero-order chi connectivity index (χ0) is 54.5. The van der Waals surface area contributed by atoms with Gasteiger partial charge in [0.1, 0.15) is 5.60 Å². The topological polar surface area (TPSA) is 250 Å². The number of ketones is 1. The van der Waals surface area contributed by atoms with Gasteiger partial charge < -0.3 is 26.5 Å². The summed E-state index contributed by atoms with van der Waals surface area (Å²) >= 11 is 0. The van der Waals surface area contributed by atoms with Crippen molar-refractivity contribution < 1.29 is 19.1 Å². The molecule has 0 atom stereocenters. The molecule has 2 aromatic carbocycles. The van der Waals surface area contributed by atoms with E-state index in [1.165, 1.54) is 79.9 Å². The molecule has 18 heteroatoms. The van der Waals surface area contributed by atoms with Gasteiger partial charge >= 0.3 is 6.09 Å². The zero-order valence-corrected chi connectivity index (χ0v) is 47.1. The van der Waals surface area contributed by atoms with Crippen LogP contribution in [0.3, 0.4) is 0 Å². The molecule has 0 saturated heterocycles. The van der Waals surface area contributed by atoms with Crippen molar-refractivity contribution in [3.8, 4) is 12.3 Å². The number of azide groups is 1. The molecule has 1 amide bonds. The average Bonchev–Trinajstić information content (AvgIpc) is 4.14. The van der Waals surface area contributed by atoms with Crippen molar-refractivity contribution in [3.63, 3.8) is 0 Å². The number of amides is 1. The quantitative estimate of drug-likeness (QED) is 0.00791. The van der Waals surface area contributed by atoms with Crippen LogP contribution in [0, 0.1) is 12.3 Å². The van der Waals surface area contributed by atoms with Crippen LogP contribution in [0.4, 0.5) is 16.7 Å². The smallest absolute Gasteiger partial charge is 0.421 e. The molecule has 0 fully saturated rings. The molecule has 77 heavy (non-hydrogen) atoms. The number of Topliss-reactive ketones (excluding diaryl/α,β-unsaturated/α-hetero) is 1. The lowest BCUT2D eigenvalue weighted by Crippen LogP contribution is -2.27. The van der Waals surface area contributed by atoms with Gasteiger partial charge in [-0.1, -0.05) is 132 Å². The van der Waals surface area contributed by atoms with Crippen molar-refractivity contribution in [1.82, 2.24) is 39.8 Å². The molecule has 0 radical (unpaired) electrons. The lowest BCUT2D eigenvalue weighted by Gasteiger charge is -2.19. The Hall–Kier alpha value is -6.63. The van der Waals surface area contributed by atoms with Gasteiger partial charge in [-0.15, -0.1) is 29.8 Å². The third-order valence-corrected chi connectivity index (χ3v) is 12.2. The maximum Gasteiger partial charge on any atom is 0.421 e. The Labute approximate surface area is 466 Å². The first-order valence-corrected chi connectivity index (χ1v) is 27.4. The van der Waals surface area contributed by atoms with Crippen molar-refractivity contribution >= 4 is 42.1 Å². The number of nitrogens with one attached hydrogen (secondary N) is 2. The summed E-state index contributed by atoms with van der Waals surface area (Å²) in [6, 6.07) is 15.9. The fourth-order valence-corrected chi connectivity index (χ4v) is 8.05. The van der Waals surface area contributed by atoms with Gasteiger partial charge in [0.15, 0.2) is 11.7 Å². The van der Waals surface area contributed by atoms with Crippen LogP contribution in [0.2, 0.25) is 0 Å². The largest absolute Gasteiger partial charge is 0.443 e. The summed E-state index contributed by atoms with van der Waals surface area (Å²) in [4.78, 5) is 50.1. The molecule has 3 aromatic heterocycles. The summed E-state index contributed by atoms with van der Waals surface area (Å²) in [6.45, 7) is 11.2. The molecular weight excluding hydrogens is 990 g/mol. The molecular formula is C59H92ClN13O4. The molecule has 424 valence electrons. The van der Waals surface area contributed by atoms with Gasteiger partial charge in [0, 0.05) is 66.6 Å². The Bertz CT molecular complexity index is 2460. The summed E-state index contributed by atoms with van der Waals surface area (Å²) in [5.74, 6) is 3.34. The number of carbonyl (C=O) groups is 3. The Morgan fingerprint density at radius 2 is 1.32 bits per heavy atom. The van der Waals surface area contributed by atoms with Gasteiger partial charge in [0.05, 0.1) is 17.6 Å². The van der Waals surface area contributed by atoms with E-state index < -0.39 is 11.7 Å². The first-order valence-electron chi connectivity index (χ1n) is 27.4. The van der Waals surface area contributed by atoms with Crippen LogP contribution in [0.5, 0.6) is 0 Å². The number of ether oxygens (including phenoxy) is 1. The standard InChI is InChI=1S/C27H40N6O.C16H24N4O.C15H23N3O2.CH4.ClH/c1-2-3-4-5-7-11-22-15-17-23(18-16-22)26(34)14-10-19-33-21-25(31-32-33)13-9-6-8-12-24-20-29-27(28)30-24;1-2-3-4-5-6-7-14-8-10-15(11-9-14)16(21)18-12-13-19-20-17;1-5-6-7-8-9-10-12-11-18(13(16)17-12)14(19)20-15(2,3)4;;/h15-18,20-21H,2-14,19H2,1H3,(H3,28,29,30);8-11H,2-7,12-13H2,1H3,(H,18,21);1,11H,6-10H2,2-4H3,(H2,16,17);1H4;1H. The molecule has 0 aliphatic heterocycles. The average molecular weight is 1080 g/mol. The highest BCUT2D eigenvalue weighted by atomic mass is 35.5. The fraction of sp³-hybridized carbons (Fsp3) is 0.576. The molecule has 0 spiro atoms. The lowest BCUT2D eigenvalue weighted by atomic mass is 10.0. The number of hydrogen-bond donors (Lipinski definition) is 4. The summed E-state index contributed by atoms with van der Waals surface area (Å²) in [5.41, 5.74) is 25.9. The van der Waals surface area contributed by atoms with E-state index in [-0.39, 0.29) is 44.0 Å². The fourth-order valence-electron chi connectivity index (χ4n) is 8.05. The number of aromatic nitrogens is 7. The number of aromatic amines is 1. The van der Waals surface area contributed by atoms with E-state index in [2.05, 4.69) is 72.5 Å². The van der Waals surface area contributed by atoms with E-state index in [1.54, 1.807) is 12.4 Å². The van der Waals surface area contributed by atoms with Crippen LogP contribution in [0.1, 0.15) is 213 Å². The normalized spacial score (nSPS) is 10.5. The highest BCUT2D eigenvalue weighted by molar-refractivity contribution is 5.96. The summed E-state index contributed by atoms with van der Waals surface area (Å²) < 4.78 is 8.37. The Balaban J connectivity index is 0.000000602. The minimum absolute atomic E-state index is 0. The SMILES string of the molecule is C.C#CCCCCCc1cn(C(=O)OC(C)(C)C)c(N)n1.CCCCCCCc1ccc(C(=O)CCCn2cc(CCCCCc3cnc(N)[nH]3)nn2)cc1.CCCCCCCc1ccc(C(=O)NCCN=[N+]=[N-])cc1.Cl. The van der Waals surface area contributed by atoms with E-state index in [9.17, 15) is 14.4 Å². The van der Waals surface area contributed by atoms with Gasteiger partial charge in [-0.3, -0.25) is 14.3 Å². The van der Waals surface area contributed by atoms with E-state index in [4.69, 9.17) is 28.2 Å². The monoisotopic (exact) mass is 1080 g/mol. The molecule has 5 aromatic rings. The molecule has 0 saturated carbocycles. The summed E-state index contributed by atoms with van der Waals surface area (Å²) in [6.07, 6.45) is 36.3. The van der Waals surface area contributed by atoms with Gasteiger partial charge in [0.2, 0.25) is 5.95 Å². The number of unbranched alkanes of at least 4 members (excludes halogenated alkanes) is 13. The van der Waals surface area contributed by atoms with Crippen LogP contribution in [0.25, 0.3) is 10.4 Å². The maximum absolute atomic E-state index is 12.5. The number of H-pyrrole nitrogens is 1. The number of hydrogen-bond acceptors (Lipinski definition) is 11.